The summed E-state index contributed by atoms with van der Waals surface area (Å²) in [6.07, 6.45) is 1.19. The molecule has 0 amide bonds. The van der Waals surface area contributed by atoms with Crippen LogP contribution in [0.15, 0.2) is 15.8 Å². The lowest BCUT2D eigenvalue weighted by Crippen LogP contribution is -2.32. The Labute approximate surface area is 56.5 Å². The quantitative estimate of drug-likeness (QED) is 0.373. The predicted octanol–water partition coefficient (Wildman–Crippen LogP) is -2.22. The SMILES string of the molecule is NC1=NC=NC(=C=O)N1.O. The lowest BCUT2D eigenvalue weighted by atomic mass is 10.7. The topological polar surface area (TPSA) is 111 Å². The molecule has 6 heteroatoms. The highest BCUT2D eigenvalue weighted by Gasteiger charge is 1.99. The Balaban J connectivity index is 0.000000810. The van der Waals surface area contributed by atoms with Gasteiger partial charge in [0.2, 0.25) is 11.8 Å². The molecule has 1 aliphatic rings. The second kappa shape index (κ2) is 3.39. The monoisotopic (exact) mass is 142 g/mol. The Hall–Kier alpha value is -1.65. The molecule has 0 fully saturated rings. The zero-order valence-corrected chi connectivity index (χ0v) is 4.96. The van der Waals surface area contributed by atoms with Gasteiger partial charge in [0.25, 0.3) is 0 Å². The van der Waals surface area contributed by atoms with Crippen LogP contribution < -0.4 is 11.1 Å². The number of nitrogens with zero attached hydrogens (tertiary/aromatic N) is 2. The largest absolute Gasteiger partial charge is 0.412 e. The lowest BCUT2D eigenvalue weighted by Gasteiger charge is -2.02. The molecule has 0 atom stereocenters. The Morgan fingerprint density at radius 2 is 2.40 bits per heavy atom. The van der Waals surface area contributed by atoms with Crippen molar-refractivity contribution in [1.82, 2.24) is 5.32 Å². The Bertz CT molecular complexity index is 225. The fraction of sp³-hybridized carbons (Fsp3) is 0. The third kappa shape index (κ3) is 1.70. The van der Waals surface area contributed by atoms with Crippen LogP contribution in [0.2, 0.25) is 0 Å². The normalized spacial score (nSPS) is 14.4. The van der Waals surface area contributed by atoms with Crippen molar-refractivity contribution in [1.29, 1.82) is 0 Å². The number of hydrogen-bond donors (Lipinski definition) is 2. The highest BCUT2D eigenvalue weighted by molar-refractivity contribution is 5.90. The van der Waals surface area contributed by atoms with E-state index >= 15 is 0 Å². The average molecular weight is 142 g/mol. The molecule has 0 spiro atoms. The lowest BCUT2D eigenvalue weighted by molar-refractivity contribution is 0.565. The Morgan fingerprint density at radius 1 is 1.70 bits per heavy atom. The third-order valence-corrected chi connectivity index (χ3v) is 0.727. The molecule has 6 nitrogen and oxygen atoms in total. The molecule has 0 aliphatic carbocycles. The first kappa shape index (κ1) is 8.35. The van der Waals surface area contributed by atoms with Gasteiger partial charge in [0.05, 0.1) is 0 Å². The van der Waals surface area contributed by atoms with Gasteiger partial charge in [-0.2, -0.15) is 0 Å². The standard InChI is InChI=1S/C4H4N4O.H2O/c5-4-7-2-6-3(1-9)8-4;/h2H,(H3,5,6,7,8);1H2. The van der Waals surface area contributed by atoms with Gasteiger partial charge in [-0.05, 0) is 0 Å². The molecule has 10 heavy (non-hydrogen) atoms. The van der Waals surface area contributed by atoms with Crippen LogP contribution in [0, 0.1) is 0 Å². The van der Waals surface area contributed by atoms with Crippen molar-refractivity contribution in [3.05, 3.63) is 5.82 Å². The minimum absolute atomic E-state index is 0. The summed E-state index contributed by atoms with van der Waals surface area (Å²) in [5.74, 6) is 1.74. The summed E-state index contributed by atoms with van der Waals surface area (Å²) in [6, 6.07) is 0. The van der Waals surface area contributed by atoms with Crippen molar-refractivity contribution in [2.75, 3.05) is 0 Å². The maximum Gasteiger partial charge on any atom is 0.220 e. The highest BCUT2D eigenvalue weighted by Crippen LogP contribution is 1.86. The van der Waals surface area contributed by atoms with E-state index in [-0.39, 0.29) is 17.3 Å². The molecular formula is C4H6N4O2. The van der Waals surface area contributed by atoms with Crippen molar-refractivity contribution >= 4 is 18.2 Å². The molecule has 0 aromatic rings. The van der Waals surface area contributed by atoms with Crippen LogP contribution >= 0.6 is 0 Å². The van der Waals surface area contributed by atoms with Gasteiger partial charge in [-0.3, -0.25) is 0 Å². The molecule has 0 saturated carbocycles. The highest BCUT2D eigenvalue weighted by atomic mass is 16.1. The summed E-state index contributed by atoms with van der Waals surface area (Å²) >= 11 is 0. The van der Waals surface area contributed by atoms with Crippen molar-refractivity contribution in [3.8, 4) is 0 Å². The fourth-order valence-electron chi connectivity index (χ4n) is 0.387. The van der Waals surface area contributed by atoms with Crippen LogP contribution in [-0.2, 0) is 4.79 Å². The molecule has 0 aromatic heterocycles. The molecular weight excluding hydrogens is 136 g/mol. The van der Waals surface area contributed by atoms with Crippen molar-refractivity contribution in [2.24, 2.45) is 15.7 Å². The van der Waals surface area contributed by atoms with Crippen molar-refractivity contribution < 1.29 is 10.3 Å². The third-order valence-electron chi connectivity index (χ3n) is 0.727. The summed E-state index contributed by atoms with van der Waals surface area (Å²) < 4.78 is 0. The van der Waals surface area contributed by atoms with E-state index in [0.29, 0.717) is 0 Å². The van der Waals surface area contributed by atoms with Gasteiger partial charge in [-0.15, -0.1) is 0 Å². The van der Waals surface area contributed by atoms with E-state index in [4.69, 9.17) is 5.73 Å². The van der Waals surface area contributed by atoms with Crippen molar-refractivity contribution in [3.63, 3.8) is 0 Å². The van der Waals surface area contributed by atoms with Gasteiger partial charge in [-0.1, -0.05) is 0 Å². The minimum atomic E-state index is 0. The van der Waals surface area contributed by atoms with Crippen LogP contribution in [0.3, 0.4) is 0 Å². The maximum absolute atomic E-state index is 9.86. The van der Waals surface area contributed by atoms with E-state index in [0.717, 1.165) is 0 Å². The van der Waals surface area contributed by atoms with Gasteiger partial charge < -0.3 is 16.5 Å². The zero-order valence-electron chi connectivity index (χ0n) is 4.96. The number of nitrogens with two attached hydrogens (primary N) is 1. The van der Waals surface area contributed by atoms with Gasteiger partial charge in [0.1, 0.15) is 6.34 Å². The van der Waals surface area contributed by atoms with Crippen LogP contribution in [-0.4, -0.2) is 23.7 Å². The molecule has 1 aliphatic heterocycles. The molecule has 0 aromatic carbocycles. The number of hydrogen-bond acceptors (Lipinski definition) is 5. The molecule has 1 heterocycles. The smallest absolute Gasteiger partial charge is 0.220 e. The number of aliphatic imine (C=N–C) groups is 2. The number of guanidine groups is 1. The van der Waals surface area contributed by atoms with Crippen molar-refractivity contribution in [2.45, 2.75) is 0 Å². The zero-order chi connectivity index (χ0) is 6.69. The number of rotatable bonds is 0. The summed E-state index contributed by atoms with van der Waals surface area (Å²) in [5.41, 5.74) is 5.15. The van der Waals surface area contributed by atoms with E-state index in [9.17, 15) is 4.79 Å². The van der Waals surface area contributed by atoms with E-state index in [1.807, 2.05) is 0 Å². The van der Waals surface area contributed by atoms with Crippen LogP contribution in [0.25, 0.3) is 0 Å². The molecule has 0 radical (unpaired) electrons. The molecule has 54 valence electrons. The first-order chi connectivity index (χ1) is 4.33. The minimum Gasteiger partial charge on any atom is -0.412 e. The average Bonchev–Trinajstić information content (AvgIpc) is 1.88. The van der Waals surface area contributed by atoms with Gasteiger partial charge in [-0.25, -0.2) is 14.8 Å². The number of nitrogens with one attached hydrogen (secondary N) is 1. The maximum atomic E-state index is 9.86. The first-order valence-electron chi connectivity index (χ1n) is 2.21. The Morgan fingerprint density at radius 3 is 2.80 bits per heavy atom. The summed E-state index contributed by atoms with van der Waals surface area (Å²) in [7, 11) is 0. The van der Waals surface area contributed by atoms with Crippen LogP contribution in [0.1, 0.15) is 0 Å². The van der Waals surface area contributed by atoms with E-state index < -0.39 is 0 Å². The van der Waals surface area contributed by atoms with Crippen LogP contribution in [0.5, 0.6) is 0 Å². The van der Waals surface area contributed by atoms with Crippen LogP contribution in [0.4, 0.5) is 0 Å². The first-order valence-corrected chi connectivity index (χ1v) is 2.21. The second-order valence-electron chi connectivity index (χ2n) is 1.33. The van der Waals surface area contributed by atoms with Gasteiger partial charge >= 0.3 is 0 Å². The molecule has 5 N–H and O–H groups in total. The van der Waals surface area contributed by atoms with Gasteiger partial charge in [0, 0.05) is 0 Å². The summed E-state index contributed by atoms with van der Waals surface area (Å²) in [4.78, 5) is 16.9. The molecule has 0 bridgehead atoms. The predicted molar refractivity (Wildman–Crippen MR) is 36.1 cm³/mol. The van der Waals surface area contributed by atoms with E-state index in [1.165, 1.54) is 12.3 Å². The van der Waals surface area contributed by atoms with E-state index in [1.54, 1.807) is 0 Å². The van der Waals surface area contributed by atoms with E-state index in [2.05, 4.69) is 15.3 Å². The molecule has 0 unspecified atom stereocenters. The van der Waals surface area contributed by atoms with Gasteiger partial charge in [0.15, 0.2) is 5.94 Å². The summed E-state index contributed by atoms with van der Waals surface area (Å²) in [5, 5.41) is 2.39. The summed E-state index contributed by atoms with van der Waals surface area (Å²) in [6.45, 7) is 0. The second-order valence-corrected chi connectivity index (χ2v) is 1.33. The number of carbonyl (C=O) groups excluding carboxylic acids is 1. The molecule has 1 rings (SSSR count). The fourth-order valence-corrected chi connectivity index (χ4v) is 0.387. The Kier molecular flexibility index (Phi) is 2.83. The molecule has 0 saturated heterocycles.